The van der Waals surface area contributed by atoms with Gasteiger partial charge in [0.15, 0.2) is 11.5 Å². The average molecular weight is 384 g/mol. The Labute approximate surface area is 140 Å². The number of carboxylic acids is 1. The Bertz CT molecular complexity index is 712. The van der Waals surface area contributed by atoms with E-state index < -0.39 is 5.97 Å². The Morgan fingerprint density at radius 3 is 2.82 bits per heavy atom. The predicted molar refractivity (Wildman–Crippen MR) is 89.9 cm³/mol. The summed E-state index contributed by atoms with van der Waals surface area (Å²) in [5.41, 5.74) is 0.888. The zero-order chi connectivity index (χ0) is 16.1. The zero-order valence-electron chi connectivity index (χ0n) is 12.0. The van der Waals surface area contributed by atoms with Crippen molar-refractivity contribution in [1.29, 1.82) is 0 Å². The number of aromatic carboxylic acids is 1. The lowest BCUT2D eigenvalue weighted by atomic mass is 10.2. The maximum atomic E-state index is 10.8. The van der Waals surface area contributed by atoms with E-state index in [4.69, 9.17) is 14.6 Å². The Hall–Kier alpha value is -1.86. The molecule has 22 heavy (non-hydrogen) atoms. The van der Waals surface area contributed by atoms with Gasteiger partial charge in [0.25, 0.3) is 0 Å². The molecule has 2 rings (SSSR count). The van der Waals surface area contributed by atoms with Gasteiger partial charge in [-0.3, -0.25) is 0 Å². The van der Waals surface area contributed by atoms with E-state index in [1.54, 1.807) is 13.2 Å². The number of halogens is 1. The minimum atomic E-state index is -0.970. The highest BCUT2D eigenvalue weighted by Crippen LogP contribution is 2.37. The third-order valence-electron chi connectivity index (χ3n) is 2.69. The zero-order valence-corrected chi connectivity index (χ0v) is 14.4. The molecule has 0 radical (unpaired) electrons. The van der Waals surface area contributed by atoms with Crippen LogP contribution >= 0.6 is 27.3 Å². The van der Waals surface area contributed by atoms with E-state index in [1.807, 2.05) is 25.1 Å². The molecule has 7 heteroatoms. The van der Waals surface area contributed by atoms with Crippen molar-refractivity contribution >= 4 is 45.4 Å². The molecule has 5 nitrogen and oxygen atoms in total. The summed E-state index contributed by atoms with van der Waals surface area (Å²) in [6.07, 6.45) is 4.95. The maximum absolute atomic E-state index is 10.8. The Kier molecular flexibility index (Phi) is 5.57. The van der Waals surface area contributed by atoms with Crippen molar-refractivity contribution in [3.8, 4) is 11.5 Å². The second-order valence-corrected chi connectivity index (χ2v) is 6.08. The second-order valence-electron chi connectivity index (χ2n) is 4.17. The van der Waals surface area contributed by atoms with E-state index in [9.17, 15) is 4.79 Å². The first-order valence-corrected chi connectivity index (χ1v) is 8.03. The molecule has 0 bridgehead atoms. The van der Waals surface area contributed by atoms with Gasteiger partial charge in [0.05, 0.1) is 24.4 Å². The summed E-state index contributed by atoms with van der Waals surface area (Å²) in [5.74, 6) is 0.313. The van der Waals surface area contributed by atoms with Gasteiger partial charge in [0, 0.05) is 0 Å². The van der Waals surface area contributed by atoms with Crippen LogP contribution in [0.25, 0.3) is 12.2 Å². The lowest BCUT2D eigenvalue weighted by molar-refractivity contribution is 0.0702. The first-order chi connectivity index (χ1) is 10.5. The number of thiazole rings is 1. The third-order valence-corrected chi connectivity index (χ3v) is 4.23. The molecule has 0 amide bonds. The first-order valence-electron chi connectivity index (χ1n) is 6.42. The third kappa shape index (κ3) is 3.86. The van der Waals surface area contributed by atoms with Gasteiger partial charge < -0.3 is 14.6 Å². The fraction of sp³-hybridized carbons (Fsp3) is 0.200. The van der Waals surface area contributed by atoms with Gasteiger partial charge in [0.1, 0.15) is 9.88 Å². The fourth-order valence-corrected chi connectivity index (χ4v) is 2.99. The molecule has 0 saturated heterocycles. The SMILES string of the molecule is CCOc1c(Br)cc(/C=C/c2ncc(C(=O)O)s2)cc1OC. The highest BCUT2D eigenvalue weighted by atomic mass is 79.9. The Balaban J connectivity index is 2.26. The molecule has 0 fully saturated rings. The monoisotopic (exact) mass is 383 g/mol. The summed E-state index contributed by atoms with van der Waals surface area (Å²) >= 11 is 4.58. The van der Waals surface area contributed by atoms with Crippen LogP contribution in [0.1, 0.15) is 27.2 Å². The number of nitrogens with zero attached hydrogens (tertiary/aromatic N) is 1. The van der Waals surface area contributed by atoms with Gasteiger partial charge in [-0.25, -0.2) is 9.78 Å². The number of aromatic nitrogens is 1. The van der Waals surface area contributed by atoms with Gasteiger partial charge in [-0.05, 0) is 46.6 Å². The summed E-state index contributed by atoms with van der Waals surface area (Å²) in [5, 5.41) is 9.51. The molecule has 0 aliphatic carbocycles. The smallest absolute Gasteiger partial charge is 0.347 e. The molecule has 2 aromatic rings. The largest absolute Gasteiger partial charge is 0.493 e. The molecular weight excluding hydrogens is 370 g/mol. The van der Waals surface area contributed by atoms with Crippen molar-refractivity contribution in [3.05, 3.63) is 38.3 Å². The molecular formula is C15H14BrNO4S. The van der Waals surface area contributed by atoms with Gasteiger partial charge >= 0.3 is 5.97 Å². The summed E-state index contributed by atoms with van der Waals surface area (Å²) in [6, 6.07) is 3.74. The summed E-state index contributed by atoms with van der Waals surface area (Å²) in [6.45, 7) is 2.45. The molecule has 1 N–H and O–H groups in total. The van der Waals surface area contributed by atoms with E-state index in [-0.39, 0.29) is 4.88 Å². The van der Waals surface area contributed by atoms with Crippen LogP contribution in [0, 0.1) is 0 Å². The minimum Gasteiger partial charge on any atom is -0.493 e. The van der Waals surface area contributed by atoms with Crippen LogP contribution < -0.4 is 9.47 Å². The number of methoxy groups -OCH3 is 1. The second kappa shape index (κ2) is 7.42. The van der Waals surface area contributed by atoms with E-state index in [0.29, 0.717) is 23.1 Å². The van der Waals surface area contributed by atoms with Crippen LogP contribution in [0.15, 0.2) is 22.8 Å². The van der Waals surface area contributed by atoms with Crippen LogP contribution in [0.5, 0.6) is 11.5 Å². The van der Waals surface area contributed by atoms with Crippen LogP contribution in [0.4, 0.5) is 0 Å². The highest BCUT2D eigenvalue weighted by molar-refractivity contribution is 9.10. The number of hydrogen-bond acceptors (Lipinski definition) is 5. The molecule has 1 aromatic carbocycles. The number of rotatable bonds is 6. The van der Waals surface area contributed by atoms with Crippen molar-refractivity contribution in [3.63, 3.8) is 0 Å². The number of carboxylic acid groups (broad SMARTS) is 1. The number of benzene rings is 1. The standard InChI is InChI=1S/C15H14BrNO4S/c1-3-21-14-10(16)6-9(7-11(14)20-2)4-5-13-17-8-12(22-13)15(18)19/h4-8H,3H2,1-2H3,(H,18,19)/b5-4+. The van der Waals surface area contributed by atoms with Crippen LogP contribution in [-0.2, 0) is 0 Å². The van der Waals surface area contributed by atoms with Gasteiger partial charge in [-0.1, -0.05) is 6.08 Å². The molecule has 0 spiro atoms. The van der Waals surface area contributed by atoms with E-state index in [0.717, 1.165) is 21.4 Å². The quantitative estimate of drug-likeness (QED) is 0.809. The predicted octanol–water partition coefficient (Wildman–Crippen LogP) is 4.18. The summed E-state index contributed by atoms with van der Waals surface area (Å²) < 4.78 is 11.7. The molecule has 116 valence electrons. The van der Waals surface area contributed by atoms with Gasteiger partial charge in [-0.15, -0.1) is 11.3 Å². The Morgan fingerprint density at radius 1 is 1.45 bits per heavy atom. The number of hydrogen-bond donors (Lipinski definition) is 1. The minimum absolute atomic E-state index is 0.213. The highest BCUT2D eigenvalue weighted by Gasteiger charge is 2.10. The molecule has 0 atom stereocenters. The van der Waals surface area contributed by atoms with E-state index in [2.05, 4.69) is 20.9 Å². The van der Waals surface area contributed by atoms with Crippen LogP contribution in [0.2, 0.25) is 0 Å². The molecule has 1 heterocycles. The average Bonchev–Trinajstić information content (AvgIpc) is 2.96. The van der Waals surface area contributed by atoms with Crippen molar-refractivity contribution in [2.45, 2.75) is 6.92 Å². The molecule has 1 aromatic heterocycles. The lowest BCUT2D eigenvalue weighted by Gasteiger charge is -2.12. The molecule has 0 aliphatic heterocycles. The van der Waals surface area contributed by atoms with E-state index >= 15 is 0 Å². The molecule has 0 aliphatic rings. The molecule has 0 saturated carbocycles. The Morgan fingerprint density at radius 2 is 2.23 bits per heavy atom. The van der Waals surface area contributed by atoms with Gasteiger partial charge in [-0.2, -0.15) is 0 Å². The number of carbonyl (C=O) groups is 1. The van der Waals surface area contributed by atoms with Crippen molar-refractivity contribution in [2.75, 3.05) is 13.7 Å². The van der Waals surface area contributed by atoms with Crippen LogP contribution in [-0.4, -0.2) is 29.8 Å². The van der Waals surface area contributed by atoms with Crippen LogP contribution in [0.3, 0.4) is 0 Å². The summed E-state index contributed by atoms with van der Waals surface area (Å²) in [7, 11) is 1.58. The number of ether oxygens (including phenoxy) is 2. The molecule has 0 unspecified atom stereocenters. The van der Waals surface area contributed by atoms with E-state index in [1.165, 1.54) is 6.20 Å². The van der Waals surface area contributed by atoms with Crippen molar-refractivity contribution in [2.24, 2.45) is 0 Å². The maximum Gasteiger partial charge on any atom is 0.347 e. The van der Waals surface area contributed by atoms with Crippen molar-refractivity contribution in [1.82, 2.24) is 4.98 Å². The lowest BCUT2D eigenvalue weighted by Crippen LogP contribution is -1.96. The van der Waals surface area contributed by atoms with Crippen molar-refractivity contribution < 1.29 is 19.4 Å². The van der Waals surface area contributed by atoms with Gasteiger partial charge in [0.2, 0.25) is 0 Å². The topological polar surface area (TPSA) is 68.7 Å². The fourth-order valence-electron chi connectivity index (χ4n) is 1.75. The summed E-state index contributed by atoms with van der Waals surface area (Å²) in [4.78, 5) is 15.1. The first kappa shape index (κ1) is 16.5. The normalized spacial score (nSPS) is 10.9.